The van der Waals surface area contributed by atoms with Crippen LogP contribution in [0.1, 0.15) is 24.9 Å². The van der Waals surface area contributed by atoms with Crippen molar-refractivity contribution in [2.45, 2.75) is 19.4 Å². The minimum Gasteiger partial charge on any atom is -0.397 e. The lowest BCUT2D eigenvalue weighted by atomic mass is 10.0. The third kappa shape index (κ3) is 2.96. The number of anilines is 2. The van der Waals surface area contributed by atoms with E-state index < -0.39 is 0 Å². The molecule has 0 aliphatic heterocycles. The normalized spacial score (nSPS) is 12.1. The number of benzene rings is 2. The molecule has 0 bridgehead atoms. The summed E-state index contributed by atoms with van der Waals surface area (Å²) in [5.74, 6) is 0. The Morgan fingerprint density at radius 1 is 1.17 bits per heavy atom. The molecule has 0 aliphatic carbocycles. The summed E-state index contributed by atoms with van der Waals surface area (Å²) in [6, 6.07) is 16.1. The highest BCUT2D eigenvalue weighted by Crippen LogP contribution is 2.28. The SMILES string of the molecule is CCC(Nc1cc(Cl)ccc1N)c1ccccc1. The fourth-order valence-electron chi connectivity index (χ4n) is 1.95. The van der Waals surface area contributed by atoms with E-state index in [9.17, 15) is 0 Å². The zero-order valence-electron chi connectivity index (χ0n) is 10.4. The van der Waals surface area contributed by atoms with Gasteiger partial charge in [-0.2, -0.15) is 0 Å². The maximum atomic E-state index is 5.99. The largest absolute Gasteiger partial charge is 0.397 e. The van der Waals surface area contributed by atoms with E-state index in [0.717, 1.165) is 12.1 Å². The first-order valence-corrected chi connectivity index (χ1v) is 6.45. The monoisotopic (exact) mass is 260 g/mol. The van der Waals surface area contributed by atoms with Gasteiger partial charge in [0.2, 0.25) is 0 Å². The lowest BCUT2D eigenvalue weighted by molar-refractivity contribution is 0.750. The van der Waals surface area contributed by atoms with Crippen LogP contribution < -0.4 is 11.1 Å². The highest BCUT2D eigenvalue weighted by Gasteiger charge is 2.10. The van der Waals surface area contributed by atoms with Crippen LogP contribution in [0.25, 0.3) is 0 Å². The highest BCUT2D eigenvalue weighted by atomic mass is 35.5. The standard InChI is InChI=1S/C15H17ClN2/c1-2-14(11-6-4-3-5-7-11)18-15-10-12(16)8-9-13(15)17/h3-10,14,18H,2,17H2,1H3. The maximum Gasteiger partial charge on any atom is 0.0593 e. The molecule has 0 fully saturated rings. The van der Waals surface area contributed by atoms with Gasteiger partial charge in [-0.15, -0.1) is 0 Å². The second-order valence-electron chi connectivity index (χ2n) is 4.25. The van der Waals surface area contributed by atoms with E-state index in [1.807, 2.05) is 30.3 Å². The Hall–Kier alpha value is -1.67. The van der Waals surface area contributed by atoms with E-state index in [-0.39, 0.29) is 6.04 Å². The summed E-state index contributed by atoms with van der Waals surface area (Å²) in [6.45, 7) is 2.14. The van der Waals surface area contributed by atoms with Crippen LogP contribution in [0, 0.1) is 0 Å². The molecule has 2 nitrogen and oxygen atoms in total. The summed E-state index contributed by atoms with van der Waals surface area (Å²) < 4.78 is 0. The van der Waals surface area contributed by atoms with Crippen molar-refractivity contribution in [3.05, 3.63) is 59.1 Å². The molecule has 0 saturated carbocycles. The van der Waals surface area contributed by atoms with Crippen molar-refractivity contribution in [1.29, 1.82) is 0 Å². The Morgan fingerprint density at radius 3 is 2.56 bits per heavy atom. The molecular formula is C15H17ClN2. The van der Waals surface area contributed by atoms with Gasteiger partial charge < -0.3 is 11.1 Å². The number of nitrogens with two attached hydrogens (primary N) is 1. The van der Waals surface area contributed by atoms with E-state index in [4.69, 9.17) is 17.3 Å². The zero-order chi connectivity index (χ0) is 13.0. The average Bonchev–Trinajstić information content (AvgIpc) is 2.41. The van der Waals surface area contributed by atoms with Gasteiger partial charge in [0, 0.05) is 5.02 Å². The lowest BCUT2D eigenvalue weighted by Gasteiger charge is -2.20. The van der Waals surface area contributed by atoms with Crippen LogP contribution >= 0.6 is 11.6 Å². The minimum atomic E-state index is 0.243. The van der Waals surface area contributed by atoms with Gasteiger partial charge in [0.1, 0.15) is 0 Å². The molecule has 94 valence electrons. The Balaban J connectivity index is 2.23. The van der Waals surface area contributed by atoms with Crippen molar-refractivity contribution in [3.63, 3.8) is 0 Å². The fourth-order valence-corrected chi connectivity index (χ4v) is 2.12. The lowest BCUT2D eigenvalue weighted by Crippen LogP contribution is -2.10. The number of nitrogen functional groups attached to an aromatic ring is 1. The van der Waals surface area contributed by atoms with Crippen LogP contribution in [0.3, 0.4) is 0 Å². The summed E-state index contributed by atoms with van der Waals surface area (Å²) in [5.41, 5.74) is 8.80. The van der Waals surface area contributed by atoms with Gasteiger partial charge in [0.15, 0.2) is 0 Å². The summed E-state index contributed by atoms with van der Waals surface area (Å²) in [6.07, 6.45) is 0.982. The first kappa shape index (κ1) is 12.8. The third-order valence-corrected chi connectivity index (χ3v) is 3.19. The smallest absolute Gasteiger partial charge is 0.0593 e. The van der Waals surface area contributed by atoms with Crippen LogP contribution in [0.4, 0.5) is 11.4 Å². The number of hydrogen-bond acceptors (Lipinski definition) is 2. The van der Waals surface area contributed by atoms with Gasteiger partial charge in [0.05, 0.1) is 17.4 Å². The van der Waals surface area contributed by atoms with Gasteiger partial charge in [0.25, 0.3) is 0 Å². The Kier molecular flexibility index (Phi) is 4.11. The zero-order valence-corrected chi connectivity index (χ0v) is 11.1. The summed E-state index contributed by atoms with van der Waals surface area (Å²) in [4.78, 5) is 0. The van der Waals surface area contributed by atoms with Crippen molar-refractivity contribution < 1.29 is 0 Å². The Morgan fingerprint density at radius 2 is 1.89 bits per heavy atom. The van der Waals surface area contributed by atoms with Crippen LogP contribution in [0.2, 0.25) is 5.02 Å². The molecule has 18 heavy (non-hydrogen) atoms. The fraction of sp³-hybridized carbons (Fsp3) is 0.200. The van der Waals surface area contributed by atoms with Gasteiger partial charge in [-0.05, 0) is 30.2 Å². The second-order valence-corrected chi connectivity index (χ2v) is 4.68. The topological polar surface area (TPSA) is 38.0 Å². The molecule has 1 atom stereocenters. The van der Waals surface area contributed by atoms with E-state index in [0.29, 0.717) is 10.7 Å². The molecule has 3 N–H and O–H groups in total. The van der Waals surface area contributed by atoms with E-state index >= 15 is 0 Å². The van der Waals surface area contributed by atoms with Gasteiger partial charge in [-0.3, -0.25) is 0 Å². The van der Waals surface area contributed by atoms with Gasteiger partial charge in [-0.25, -0.2) is 0 Å². The molecule has 1 unspecified atom stereocenters. The number of nitrogens with one attached hydrogen (secondary N) is 1. The minimum absolute atomic E-state index is 0.243. The first-order chi connectivity index (χ1) is 8.70. The summed E-state index contributed by atoms with van der Waals surface area (Å²) >= 11 is 5.99. The predicted octanol–water partition coefficient (Wildman–Crippen LogP) is 4.49. The van der Waals surface area contributed by atoms with E-state index in [1.165, 1.54) is 5.56 Å². The number of halogens is 1. The van der Waals surface area contributed by atoms with E-state index in [1.54, 1.807) is 6.07 Å². The molecule has 0 spiro atoms. The van der Waals surface area contributed by atoms with Crippen LogP contribution in [0.15, 0.2) is 48.5 Å². The van der Waals surface area contributed by atoms with Crippen LogP contribution in [0.5, 0.6) is 0 Å². The molecule has 2 aromatic rings. The van der Waals surface area contributed by atoms with Crippen molar-refractivity contribution in [1.82, 2.24) is 0 Å². The van der Waals surface area contributed by atoms with Crippen molar-refractivity contribution in [2.24, 2.45) is 0 Å². The Labute approximate surface area is 113 Å². The molecule has 0 heterocycles. The highest BCUT2D eigenvalue weighted by molar-refractivity contribution is 6.31. The Bertz CT molecular complexity index is 511. The molecule has 0 radical (unpaired) electrons. The summed E-state index contributed by atoms with van der Waals surface area (Å²) in [7, 11) is 0. The summed E-state index contributed by atoms with van der Waals surface area (Å²) in [5, 5.41) is 4.13. The maximum absolute atomic E-state index is 5.99. The quantitative estimate of drug-likeness (QED) is 0.795. The average molecular weight is 261 g/mol. The third-order valence-electron chi connectivity index (χ3n) is 2.96. The van der Waals surface area contributed by atoms with Crippen molar-refractivity contribution >= 4 is 23.0 Å². The molecular weight excluding hydrogens is 244 g/mol. The molecule has 2 aromatic carbocycles. The number of rotatable bonds is 4. The molecule has 2 rings (SSSR count). The molecule has 3 heteroatoms. The van der Waals surface area contributed by atoms with Crippen LogP contribution in [-0.4, -0.2) is 0 Å². The predicted molar refractivity (Wildman–Crippen MR) is 79.0 cm³/mol. The van der Waals surface area contributed by atoms with Gasteiger partial charge in [-0.1, -0.05) is 48.9 Å². The van der Waals surface area contributed by atoms with Crippen LogP contribution in [-0.2, 0) is 0 Å². The van der Waals surface area contributed by atoms with Crippen molar-refractivity contribution in [3.8, 4) is 0 Å². The molecule has 0 aromatic heterocycles. The van der Waals surface area contributed by atoms with E-state index in [2.05, 4.69) is 24.4 Å². The second kappa shape index (κ2) is 5.78. The number of hydrogen-bond donors (Lipinski definition) is 2. The first-order valence-electron chi connectivity index (χ1n) is 6.07. The molecule has 0 amide bonds. The molecule has 0 saturated heterocycles. The van der Waals surface area contributed by atoms with Gasteiger partial charge >= 0.3 is 0 Å². The molecule has 0 aliphatic rings. The van der Waals surface area contributed by atoms with Crippen molar-refractivity contribution in [2.75, 3.05) is 11.1 Å².